The van der Waals surface area contributed by atoms with E-state index in [0.717, 1.165) is 22.2 Å². The molecule has 8 heteroatoms. The van der Waals surface area contributed by atoms with E-state index in [0.29, 0.717) is 18.6 Å². The quantitative estimate of drug-likeness (QED) is 0.632. The van der Waals surface area contributed by atoms with Crippen molar-refractivity contribution in [1.82, 2.24) is 10.3 Å². The number of aryl methyl sites for hydroxylation is 1. The van der Waals surface area contributed by atoms with Gasteiger partial charge in [-0.25, -0.2) is 9.78 Å². The molecule has 1 aromatic heterocycles. The van der Waals surface area contributed by atoms with Gasteiger partial charge in [-0.05, 0) is 25.4 Å². The van der Waals surface area contributed by atoms with Gasteiger partial charge in [-0.3, -0.25) is 4.79 Å². The van der Waals surface area contributed by atoms with E-state index in [9.17, 15) is 9.59 Å². The number of carboxylic acid groups (broad SMARTS) is 1. The Bertz CT molecular complexity index is 465. The molecule has 0 bridgehead atoms. The van der Waals surface area contributed by atoms with Gasteiger partial charge in [-0.1, -0.05) is 0 Å². The summed E-state index contributed by atoms with van der Waals surface area (Å²) in [4.78, 5) is 27.1. The first-order valence-electron chi connectivity index (χ1n) is 6.52. The van der Waals surface area contributed by atoms with Gasteiger partial charge in [0.05, 0.1) is 10.7 Å². The van der Waals surface area contributed by atoms with E-state index < -0.39 is 12.0 Å². The number of aliphatic carboxylic acids is 1. The molecule has 0 saturated carbocycles. The molecule has 1 heterocycles. The van der Waals surface area contributed by atoms with Gasteiger partial charge < -0.3 is 10.4 Å². The molecule has 0 aromatic carbocycles. The Morgan fingerprint density at radius 1 is 1.48 bits per heavy atom. The van der Waals surface area contributed by atoms with Crippen LogP contribution in [0.2, 0.25) is 0 Å². The Morgan fingerprint density at radius 2 is 2.24 bits per heavy atom. The first-order chi connectivity index (χ1) is 10.0. The van der Waals surface area contributed by atoms with E-state index in [1.807, 2.05) is 18.6 Å². The van der Waals surface area contributed by atoms with Crippen LogP contribution in [0.4, 0.5) is 0 Å². The Hall–Kier alpha value is -0.730. The highest BCUT2D eigenvalue weighted by molar-refractivity contribution is 7.98. The van der Waals surface area contributed by atoms with Crippen molar-refractivity contribution in [3.63, 3.8) is 0 Å². The van der Waals surface area contributed by atoms with Crippen LogP contribution in [-0.4, -0.2) is 45.8 Å². The van der Waals surface area contributed by atoms with Crippen molar-refractivity contribution >= 4 is 46.7 Å². The number of hydrogen-bond acceptors (Lipinski definition) is 6. The normalized spacial score (nSPS) is 12.1. The maximum Gasteiger partial charge on any atom is 0.326 e. The summed E-state index contributed by atoms with van der Waals surface area (Å²) in [5, 5.41) is 14.7. The predicted molar refractivity (Wildman–Crippen MR) is 90.2 cm³/mol. The van der Waals surface area contributed by atoms with Gasteiger partial charge in [-0.2, -0.15) is 23.5 Å². The summed E-state index contributed by atoms with van der Waals surface area (Å²) in [5.41, 5.74) is 1.03. The van der Waals surface area contributed by atoms with Crippen molar-refractivity contribution in [2.75, 3.05) is 17.8 Å². The van der Waals surface area contributed by atoms with Gasteiger partial charge in [0.2, 0.25) is 5.91 Å². The summed E-state index contributed by atoms with van der Waals surface area (Å²) in [7, 11) is 0. The van der Waals surface area contributed by atoms with E-state index in [1.165, 1.54) is 0 Å². The number of rotatable bonds is 10. The summed E-state index contributed by atoms with van der Waals surface area (Å²) in [5.74, 6) is 0.993. The molecular weight excluding hydrogens is 328 g/mol. The molecule has 0 aliphatic carbocycles. The number of carboxylic acids is 1. The van der Waals surface area contributed by atoms with Gasteiger partial charge in [-0.15, -0.1) is 11.3 Å². The molecule has 0 spiro atoms. The zero-order valence-corrected chi connectivity index (χ0v) is 14.6. The molecule has 0 aliphatic rings. The van der Waals surface area contributed by atoms with Crippen LogP contribution in [-0.2, 0) is 15.3 Å². The van der Waals surface area contributed by atoms with Crippen LogP contribution in [0.15, 0.2) is 5.38 Å². The number of thioether (sulfide) groups is 2. The zero-order chi connectivity index (χ0) is 15.7. The van der Waals surface area contributed by atoms with Crippen molar-refractivity contribution in [2.24, 2.45) is 0 Å². The standard InChI is InChI=1S/C13H20N2O3S3/c1-9-14-10(8-21-9)7-20-6-4-12(16)15-11(13(17)18)3-5-19-2/h8,11H,3-7H2,1-2H3,(H,15,16)(H,17,18). The van der Waals surface area contributed by atoms with Crippen LogP contribution in [0.5, 0.6) is 0 Å². The zero-order valence-electron chi connectivity index (χ0n) is 12.1. The minimum Gasteiger partial charge on any atom is -0.480 e. The minimum absolute atomic E-state index is 0.203. The number of aromatic nitrogens is 1. The van der Waals surface area contributed by atoms with Gasteiger partial charge in [0, 0.05) is 23.3 Å². The van der Waals surface area contributed by atoms with Crippen molar-refractivity contribution in [1.29, 1.82) is 0 Å². The molecule has 2 N–H and O–H groups in total. The second-order valence-electron chi connectivity index (χ2n) is 4.40. The van der Waals surface area contributed by atoms with Crippen LogP contribution < -0.4 is 5.32 Å². The summed E-state index contributed by atoms with van der Waals surface area (Å²) in [6.45, 7) is 1.97. The second-order valence-corrected chi connectivity index (χ2v) is 7.55. The molecule has 1 unspecified atom stereocenters. The molecule has 1 amide bonds. The van der Waals surface area contributed by atoms with Crippen molar-refractivity contribution < 1.29 is 14.7 Å². The van der Waals surface area contributed by atoms with E-state index in [4.69, 9.17) is 5.11 Å². The topological polar surface area (TPSA) is 79.3 Å². The summed E-state index contributed by atoms with van der Waals surface area (Å²) < 4.78 is 0. The third-order valence-corrected chi connectivity index (χ3v) is 5.09. The number of thiazole rings is 1. The minimum atomic E-state index is -0.969. The highest BCUT2D eigenvalue weighted by atomic mass is 32.2. The van der Waals surface area contributed by atoms with Crippen LogP contribution in [0, 0.1) is 6.92 Å². The van der Waals surface area contributed by atoms with Gasteiger partial charge in [0.25, 0.3) is 0 Å². The fourth-order valence-corrected chi connectivity index (χ4v) is 3.60. The Balaban J connectivity index is 2.21. The SMILES string of the molecule is CSCCC(NC(=O)CCSCc1csc(C)n1)C(=O)O. The number of nitrogens with zero attached hydrogens (tertiary/aromatic N) is 1. The fourth-order valence-electron chi connectivity index (χ4n) is 1.58. The van der Waals surface area contributed by atoms with Crippen molar-refractivity contribution in [2.45, 2.75) is 31.6 Å². The molecule has 1 atom stereocenters. The van der Waals surface area contributed by atoms with Crippen molar-refractivity contribution in [3.8, 4) is 0 Å². The van der Waals surface area contributed by atoms with Crippen molar-refractivity contribution in [3.05, 3.63) is 16.1 Å². The molecule has 5 nitrogen and oxygen atoms in total. The first kappa shape index (κ1) is 18.3. The average molecular weight is 349 g/mol. The smallest absolute Gasteiger partial charge is 0.326 e. The molecule has 1 rings (SSSR count). The number of nitrogens with one attached hydrogen (secondary N) is 1. The number of hydrogen-bond donors (Lipinski definition) is 2. The summed E-state index contributed by atoms with van der Waals surface area (Å²) in [6, 6.07) is -0.781. The maximum absolute atomic E-state index is 11.7. The molecule has 118 valence electrons. The number of amides is 1. The molecule has 0 aliphatic heterocycles. The lowest BCUT2D eigenvalue weighted by atomic mass is 10.2. The van der Waals surface area contributed by atoms with Gasteiger partial charge in [0.15, 0.2) is 0 Å². The number of carbonyl (C=O) groups excluding carboxylic acids is 1. The van der Waals surface area contributed by atoms with Gasteiger partial charge >= 0.3 is 5.97 Å². The maximum atomic E-state index is 11.7. The monoisotopic (exact) mass is 348 g/mol. The first-order valence-corrected chi connectivity index (χ1v) is 9.95. The van der Waals surface area contributed by atoms with Crippen LogP contribution in [0.1, 0.15) is 23.5 Å². The molecule has 1 aromatic rings. The largest absolute Gasteiger partial charge is 0.480 e. The third kappa shape index (κ3) is 7.73. The van der Waals surface area contributed by atoms with E-state index in [2.05, 4.69) is 10.3 Å². The fraction of sp³-hybridized carbons (Fsp3) is 0.615. The Morgan fingerprint density at radius 3 is 2.81 bits per heavy atom. The van der Waals surface area contributed by atoms with Crippen LogP contribution in [0.3, 0.4) is 0 Å². The van der Waals surface area contributed by atoms with Crippen LogP contribution in [0.25, 0.3) is 0 Å². The Labute approximate surface area is 137 Å². The highest BCUT2D eigenvalue weighted by Crippen LogP contribution is 2.15. The second kappa shape index (κ2) is 10.1. The van der Waals surface area contributed by atoms with Crippen LogP contribution >= 0.6 is 34.9 Å². The lowest BCUT2D eigenvalue weighted by Crippen LogP contribution is -2.41. The van der Waals surface area contributed by atoms with E-state index in [1.54, 1.807) is 34.9 Å². The molecule has 21 heavy (non-hydrogen) atoms. The molecule has 0 radical (unpaired) electrons. The average Bonchev–Trinajstić information content (AvgIpc) is 2.85. The summed E-state index contributed by atoms with van der Waals surface area (Å²) in [6.07, 6.45) is 2.70. The molecular formula is C13H20N2O3S3. The van der Waals surface area contributed by atoms with Gasteiger partial charge in [0.1, 0.15) is 6.04 Å². The highest BCUT2D eigenvalue weighted by Gasteiger charge is 2.18. The lowest BCUT2D eigenvalue weighted by molar-refractivity contribution is -0.141. The summed E-state index contributed by atoms with van der Waals surface area (Å²) >= 11 is 4.82. The molecule has 0 saturated heterocycles. The molecule has 0 fully saturated rings. The van der Waals surface area contributed by atoms with E-state index >= 15 is 0 Å². The van der Waals surface area contributed by atoms with E-state index in [-0.39, 0.29) is 5.91 Å². The third-order valence-electron chi connectivity index (χ3n) is 2.63. The Kier molecular flexibility index (Phi) is 8.79. The predicted octanol–water partition coefficient (Wildman–Crippen LogP) is 2.40. The number of carbonyl (C=O) groups is 2. The lowest BCUT2D eigenvalue weighted by Gasteiger charge is -2.13.